The summed E-state index contributed by atoms with van der Waals surface area (Å²) in [5.41, 5.74) is -0.361. The van der Waals surface area contributed by atoms with E-state index in [2.05, 4.69) is 5.32 Å². The Morgan fingerprint density at radius 2 is 2.04 bits per heavy atom. The van der Waals surface area contributed by atoms with Crippen LogP contribution in [0.1, 0.15) is 12.5 Å². The molecule has 0 bridgehead atoms. The summed E-state index contributed by atoms with van der Waals surface area (Å²) in [4.78, 5) is 45.8. The van der Waals surface area contributed by atoms with Gasteiger partial charge in [-0.05, 0) is 24.6 Å². The van der Waals surface area contributed by atoms with E-state index >= 15 is 0 Å². The molecule has 0 aliphatic rings. The molecule has 1 amide bonds. The number of pyridine rings is 1. The van der Waals surface area contributed by atoms with Gasteiger partial charge in [-0.2, -0.15) is 0 Å². The zero-order chi connectivity index (χ0) is 20.3. The Morgan fingerprint density at radius 1 is 1.25 bits per heavy atom. The van der Waals surface area contributed by atoms with Crippen molar-refractivity contribution in [3.05, 3.63) is 79.0 Å². The maximum Gasteiger partial charge on any atom is 0.411 e. The molecule has 0 radical (unpaired) electrons. The van der Waals surface area contributed by atoms with Crippen LogP contribution in [0.25, 0.3) is 11.0 Å². The van der Waals surface area contributed by atoms with E-state index in [4.69, 9.17) is 9.15 Å². The lowest BCUT2D eigenvalue weighted by Gasteiger charge is -2.10. The van der Waals surface area contributed by atoms with E-state index in [9.17, 15) is 24.5 Å². The Balaban J connectivity index is 2.01. The quantitative estimate of drug-likeness (QED) is 0.405. The van der Waals surface area contributed by atoms with E-state index in [-0.39, 0.29) is 24.4 Å². The van der Waals surface area contributed by atoms with Crippen LogP contribution >= 0.6 is 0 Å². The van der Waals surface area contributed by atoms with Crippen molar-refractivity contribution in [1.82, 2.24) is 4.57 Å². The van der Waals surface area contributed by atoms with Crippen LogP contribution in [0.15, 0.2) is 56.6 Å². The van der Waals surface area contributed by atoms with E-state index in [0.717, 1.165) is 22.9 Å². The lowest BCUT2D eigenvalue weighted by atomic mass is 10.1. The van der Waals surface area contributed by atoms with E-state index < -0.39 is 22.2 Å². The summed E-state index contributed by atoms with van der Waals surface area (Å²) in [7, 11) is 0. The highest BCUT2D eigenvalue weighted by atomic mass is 16.6. The molecule has 0 atom stereocenters. The van der Waals surface area contributed by atoms with Crippen molar-refractivity contribution in [2.24, 2.45) is 0 Å². The van der Waals surface area contributed by atoms with Crippen molar-refractivity contribution in [1.29, 1.82) is 0 Å². The van der Waals surface area contributed by atoms with Gasteiger partial charge in [-0.15, -0.1) is 0 Å². The van der Waals surface area contributed by atoms with Crippen molar-refractivity contribution in [2.75, 3.05) is 11.9 Å². The number of nitrogens with one attached hydrogen (secondary N) is 1. The predicted molar refractivity (Wildman–Crippen MR) is 99.6 cm³/mol. The number of aromatic nitrogens is 1. The number of ether oxygens (including phenoxy) is 1. The minimum atomic E-state index is -0.658. The highest BCUT2D eigenvalue weighted by molar-refractivity contribution is 5.89. The van der Waals surface area contributed by atoms with Gasteiger partial charge >= 0.3 is 11.7 Å². The van der Waals surface area contributed by atoms with Gasteiger partial charge in [0.05, 0.1) is 24.3 Å². The third kappa shape index (κ3) is 4.06. The topological polar surface area (TPSA) is 134 Å². The summed E-state index contributed by atoms with van der Waals surface area (Å²) in [5.74, 6) is 0. The first-order valence-corrected chi connectivity index (χ1v) is 8.23. The molecule has 3 aromatic rings. The Kier molecular flexibility index (Phi) is 5.21. The first-order chi connectivity index (χ1) is 13.4. The maximum absolute atomic E-state index is 12.0. The molecule has 0 saturated carbocycles. The second-order valence-electron chi connectivity index (χ2n) is 5.76. The Labute approximate surface area is 157 Å². The molecule has 0 aliphatic heterocycles. The van der Waals surface area contributed by atoms with Crippen LogP contribution in [0, 0.1) is 10.1 Å². The fraction of sp³-hybridized carbons (Fsp3) is 0.167. The molecule has 10 heteroatoms. The SMILES string of the molecule is CCOC(=O)Nc1ccc2c(Cn3cc([N+](=O)[O-])ccc3=O)cc(=O)oc2c1. The standard InChI is InChI=1S/C18H15N3O7/c1-2-27-18(24)19-12-3-5-14-11(7-17(23)28-15(14)8-12)9-20-10-13(21(25)26)4-6-16(20)22/h3-8,10H,2,9H2,1H3,(H,19,24). The van der Waals surface area contributed by atoms with Gasteiger partial charge in [0, 0.05) is 35.3 Å². The summed E-state index contributed by atoms with van der Waals surface area (Å²) in [6.45, 7) is 1.81. The smallest absolute Gasteiger partial charge is 0.411 e. The van der Waals surface area contributed by atoms with Crippen LogP contribution in [0.3, 0.4) is 0 Å². The average molecular weight is 385 g/mol. The molecular weight excluding hydrogens is 370 g/mol. The number of hydrogen-bond donors (Lipinski definition) is 1. The van der Waals surface area contributed by atoms with Gasteiger partial charge in [0.2, 0.25) is 0 Å². The van der Waals surface area contributed by atoms with E-state index in [1.165, 1.54) is 12.1 Å². The molecule has 0 unspecified atom stereocenters. The number of nitrogens with zero attached hydrogens (tertiary/aromatic N) is 2. The third-order valence-electron chi connectivity index (χ3n) is 3.87. The fourth-order valence-electron chi connectivity index (χ4n) is 2.66. The van der Waals surface area contributed by atoms with Gasteiger partial charge in [-0.25, -0.2) is 9.59 Å². The van der Waals surface area contributed by atoms with Crippen molar-refractivity contribution >= 4 is 28.4 Å². The van der Waals surface area contributed by atoms with Crippen LogP contribution in [0.4, 0.5) is 16.2 Å². The van der Waals surface area contributed by atoms with Crippen molar-refractivity contribution < 1.29 is 18.9 Å². The van der Waals surface area contributed by atoms with E-state index in [1.54, 1.807) is 19.1 Å². The van der Waals surface area contributed by atoms with Crippen LogP contribution in [0.2, 0.25) is 0 Å². The van der Waals surface area contributed by atoms with E-state index in [0.29, 0.717) is 16.6 Å². The highest BCUT2D eigenvalue weighted by Crippen LogP contribution is 2.22. The van der Waals surface area contributed by atoms with Crippen LogP contribution in [-0.2, 0) is 11.3 Å². The van der Waals surface area contributed by atoms with E-state index in [1.807, 2.05) is 0 Å². The lowest BCUT2D eigenvalue weighted by molar-refractivity contribution is -0.385. The molecular formula is C18H15N3O7. The monoisotopic (exact) mass is 385 g/mol. The van der Waals surface area contributed by atoms with Crippen LogP contribution < -0.4 is 16.5 Å². The number of carbonyl (C=O) groups is 1. The molecule has 2 aromatic heterocycles. The fourth-order valence-corrected chi connectivity index (χ4v) is 2.66. The van der Waals surface area contributed by atoms with Crippen LogP contribution in [-0.4, -0.2) is 22.2 Å². The van der Waals surface area contributed by atoms with Crippen molar-refractivity contribution in [3.8, 4) is 0 Å². The van der Waals surface area contributed by atoms with Gasteiger partial charge in [0.25, 0.3) is 11.2 Å². The number of benzene rings is 1. The molecule has 0 aliphatic carbocycles. The number of rotatable bonds is 5. The zero-order valence-corrected chi connectivity index (χ0v) is 14.7. The molecule has 0 spiro atoms. The van der Waals surface area contributed by atoms with Gasteiger partial charge in [0.15, 0.2) is 0 Å². The third-order valence-corrected chi connectivity index (χ3v) is 3.87. The summed E-state index contributed by atoms with van der Waals surface area (Å²) >= 11 is 0. The molecule has 0 fully saturated rings. The Hall–Kier alpha value is -3.95. The molecule has 10 nitrogen and oxygen atoms in total. The Morgan fingerprint density at radius 3 is 2.75 bits per heavy atom. The molecule has 28 heavy (non-hydrogen) atoms. The van der Waals surface area contributed by atoms with Crippen LogP contribution in [0.5, 0.6) is 0 Å². The largest absolute Gasteiger partial charge is 0.450 e. The van der Waals surface area contributed by atoms with Crippen molar-refractivity contribution in [2.45, 2.75) is 13.5 Å². The summed E-state index contributed by atoms with van der Waals surface area (Å²) in [6, 6.07) is 8.06. The number of amides is 1. The van der Waals surface area contributed by atoms with Gasteiger partial charge in [0.1, 0.15) is 5.58 Å². The second kappa shape index (κ2) is 7.74. The Bertz CT molecular complexity index is 1180. The van der Waals surface area contributed by atoms with Gasteiger partial charge < -0.3 is 13.7 Å². The molecule has 1 N–H and O–H groups in total. The van der Waals surface area contributed by atoms with Gasteiger partial charge in [-0.3, -0.25) is 20.2 Å². The van der Waals surface area contributed by atoms with Crippen molar-refractivity contribution in [3.63, 3.8) is 0 Å². The lowest BCUT2D eigenvalue weighted by Crippen LogP contribution is -2.20. The first-order valence-electron chi connectivity index (χ1n) is 8.23. The first kappa shape index (κ1) is 18.8. The molecule has 2 heterocycles. The normalized spacial score (nSPS) is 10.6. The minimum absolute atomic E-state index is 0.0622. The number of nitro groups is 1. The number of hydrogen-bond acceptors (Lipinski definition) is 7. The summed E-state index contributed by atoms with van der Waals surface area (Å²) in [6.07, 6.45) is 0.461. The molecule has 3 rings (SSSR count). The summed E-state index contributed by atoms with van der Waals surface area (Å²) < 4.78 is 11.1. The highest BCUT2D eigenvalue weighted by Gasteiger charge is 2.12. The number of fused-ring (bicyclic) bond motifs is 1. The molecule has 1 aromatic carbocycles. The molecule has 144 valence electrons. The zero-order valence-electron chi connectivity index (χ0n) is 14.7. The average Bonchev–Trinajstić information content (AvgIpc) is 2.63. The molecule has 0 saturated heterocycles. The number of carbonyl (C=O) groups excluding carboxylic acids is 1. The van der Waals surface area contributed by atoms with Gasteiger partial charge in [-0.1, -0.05) is 0 Å². The number of anilines is 1. The predicted octanol–water partition coefficient (Wildman–Crippen LogP) is 2.48. The minimum Gasteiger partial charge on any atom is -0.450 e. The second-order valence-corrected chi connectivity index (χ2v) is 5.76. The summed E-state index contributed by atoms with van der Waals surface area (Å²) in [5, 5.41) is 14.0. The maximum atomic E-state index is 12.0.